The van der Waals surface area contributed by atoms with Gasteiger partial charge in [0.2, 0.25) is 0 Å². The van der Waals surface area contributed by atoms with E-state index >= 15 is 0 Å². The Hall–Kier alpha value is -1.55. The van der Waals surface area contributed by atoms with E-state index in [0.717, 1.165) is 38.6 Å². The fourth-order valence-corrected chi connectivity index (χ4v) is 3.04. The molecule has 20 heavy (non-hydrogen) atoms. The molecule has 0 radical (unpaired) electrons. The lowest BCUT2D eigenvalue weighted by atomic mass is 10.1. The summed E-state index contributed by atoms with van der Waals surface area (Å²) in [6, 6.07) is 11.8. The van der Waals surface area contributed by atoms with E-state index in [2.05, 4.69) is 57.8 Å². The van der Waals surface area contributed by atoms with Gasteiger partial charge in [0.1, 0.15) is 0 Å². The van der Waals surface area contributed by atoms with Crippen LogP contribution < -0.4 is 10.6 Å². The van der Waals surface area contributed by atoms with Crippen LogP contribution in [0.15, 0.2) is 35.3 Å². The molecule has 3 rings (SSSR count). The topological polar surface area (TPSA) is 39.7 Å². The van der Waals surface area contributed by atoms with Gasteiger partial charge in [-0.2, -0.15) is 0 Å². The van der Waals surface area contributed by atoms with E-state index in [0.29, 0.717) is 12.1 Å². The first kappa shape index (κ1) is 13.4. The van der Waals surface area contributed by atoms with Crippen molar-refractivity contribution in [3.63, 3.8) is 0 Å². The maximum atomic E-state index is 4.51. The van der Waals surface area contributed by atoms with E-state index in [4.69, 9.17) is 0 Å². The van der Waals surface area contributed by atoms with Gasteiger partial charge in [0.05, 0.1) is 0 Å². The standard InChI is InChI=1S/C16H24N4/c1-13-15(19-16-17-9-5-10-18-16)8-11-20(13)12-14-6-3-2-4-7-14/h2-4,6-7,13,15H,5,8-12H2,1H3,(H2,17,18,19). The molecule has 1 fully saturated rings. The van der Waals surface area contributed by atoms with Crippen molar-refractivity contribution in [1.29, 1.82) is 0 Å². The number of likely N-dealkylation sites (tertiary alicyclic amines) is 1. The number of nitrogens with zero attached hydrogens (tertiary/aromatic N) is 2. The number of rotatable bonds is 3. The summed E-state index contributed by atoms with van der Waals surface area (Å²) in [7, 11) is 0. The summed E-state index contributed by atoms with van der Waals surface area (Å²) in [5.74, 6) is 0.995. The van der Waals surface area contributed by atoms with E-state index < -0.39 is 0 Å². The highest BCUT2D eigenvalue weighted by Crippen LogP contribution is 2.20. The number of benzene rings is 1. The average molecular weight is 272 g/mol. The molecule has 1 aromatic carbocycles. The van der Waals surface area contributed by atoms with Crippen LogP contribution in [-0.2, 0) is 6.54 Å². The van der Waals surface area contributed by atoms with Crippen LogP contribution in [0.3, 0.4) is 0 Å². The number of hydrogen-bond acceptors (Lipinski definition) is 4. The SMILES string of the molecule is CC1C(NC2=NCCCN2)CCN1Cc1ccccc1. The van der Waals surface area contributed by atoms with Crippen molar-refractivity contribution in [1.82, 2.24) is 15.5 Å². The minimum absolute atomic E-state index is 0.503. The second kappa shape index (κ2) is 6.27. The Morgan fingerprint density at radius 3 is 2.95 bits per heavy atom. The largest absolute Gasteiger partial charge is 0.356 e. The zero-order valence-electron chi connectivity index (χ0n) is 12.2. The molecule has 0 aliphatic carbocycles. The molecule has 4 heteroatoms. The summed E-state index contributed by atoms with van der Waals surface area (Å²) < 4.78 is 0. The quantitative estimate of drug-likeness (QED) is 0.878. The molecule has 2 atom stereocenters. The molecule has 0 aromatic heterocycles. The summed E-state index contributed by atoms with van der Waals surface area (Å²) in [4.78, 5) is 7.06. The van der Waals surface area contributed by atoms with Crippen molar-refractivity contribution in [3.05, 3.63) is 35.9 Å². The van der Waals surface area contributed by atoms with E-state index in [1.54, 1.807) is 0 Å². The van der Waals surface area contributed by atoms with Crippen LogP contribution >= 0.6 is 0 Å². The fraction of sp³-hybridized carbons (Fsp3) is 0.562. The lowest BCUT2D eigenvalue weighted by Crippen LogP contribution is -2.49. The molecule has 1 saturated heterocycles. The Kier molecular flexibility index (Phi) is 4.21. The fourth-order valence-electron chi connectivity index (χ4n) is 3.04. The van der Waals surface area contributed by atoms with Crippen molar-refractivity contribution >= 4 is 5.96 Å². The van der Waals surface area contributed by atoms with Crippen LogP contribution in [0.25, 0.3) is 0 Å². The monoisotopic (exact) mass is 272 g/mol. The molecule has 4 nitrogen and oxygen atoms in total. The highest BCUT2D eigenvalue weighted by Gasteiger charge is 2.31. The molecule has 2 heterocycles. The van der Waals surface area contributed by atoms with E-state index in [1.807, 2.05) is 0 Å². The van der Waals surface area contributed by atoms with Crippen LogP contribution in [-0.4, -0.2) is 42.6 Å². The normalized spacial score (nSPS) is 26.9. The molecule has 2 N–H and O–H groups in total. The van der Waals surface area contributed by atoms with Gasteiger partial charge in [0.15, 0.2) is 5.96 Å². The molecular weight excluding hydrogens is 248 g/mol. The molecule has 0 bridgehead atoms. The predicted molar refractivity (Wildman–Crippen MR) is 82.8 cm³/mol. The van der Waals surface area contributed by atoms with Gasteiger partial charge < -0.3 is 10.6 Å². The molecule has 108 valence electrons. The number of hydrogen-bond donors (Lipinski definition) is 2. The zero-order chi connectivity index (χ0) is 13.8. The summed E-state index contributed by atoms with van der Waals surface area (Å²) in [6.45, 7) is 6.50. The van der Waals surface area contributed by atoms with Crippen molar-refractivity contribution in [2.45, 2.75) is 38.4 Å². The van der Waals surface area contributed by atoms with Crippen LogP contribution in [0.5, 0.6) is 0 Å². The average Bonchev–Trinajstić information content (AvgIpc) is 2.83. The lowest BCUT2D eigenvalue weighted by Gasteiger charge is -2.27. The Labute approximate surface area is 121 Å². The molecule has 0 spiro atoms. The maximum absolute atomic E-state index is 4.51. The Bertz CT molecular complexity index is 457. The molecule has 1 aromatic rings. The van der Waals surface area contributed by atoms with Gasteiger partial charge in [-0.05, 0) is 25.3 Å². The molecule has 2 unspecified atom stereocenters. The molecule has 0 amide bonds. The second-order valence-corrected chi connectivity index (χ2v) is 5.75. The molecule has 2 aliphatic rings. The van der Waals surface area contributed by atoms with Gasteiger partial charge in [-0.15, -0.1) is 0 Å². The van der Waals surface area contributed by atoms with Gasteiger partial charge in [0.25, 0.3) is 0 Å². The Morgan fingerprint density at radius 2 is 2.20 bits per heavy atom. The smallest absolute Gasteiger partial charge is 0.191 e. The highest BCUT2D eigenvalue weighted by molar-refractivity contribution is 5.80. The first-order valence-electron chi connectivity index (χ1n) is 7.66. The van der Waals surface area contributed by atoms with Gasteiger partial charge in [-0.1, -0.05) is 30.3 Å². The number of nitrogens with one attached hydrogen (secondary N) is 2. The molecular formula is C16H24N4. The minimum atomic E-state index is 0.503. The summed E-state index contributed by atoms with van der Waals surface area (Å²) in [5, 5.41) is 6.93. The van der Waals surface area contributed by atoms with Gasteiger partial charge >= 0.3 is 0 Å². The van der Waals surface area contributed by atoms with E-state index in [1.165, 1.54) is 12.0 Å². The van der Waals surface area contributed by atoms with Crippen LogP contribution in [0.1, 0.15) is 25.3 Å². The predicted octanol–water partition coefficient (Wildman–Crippen LogP) is 1.59. The van der Waals surface area contributed by atoms with Crippen molar-refractivity contribution in [3.8, 4) is 0 Å². The van der Waals surface area contributed by atoms with Gasteiger partial charge in [0, 0.05) is 38.3 Å². The zero-order valence-corrected chi connectivity index (χ0v) is 12.2. The highest BCUT2D eigenvalue weighted by atomic mass is 15.3. The van der Waals surface area contributed by atoms with Crippen molar-refractivity contribution < 1.29 is 0 Å². The first-order chi connectivity index (χ1) is 9.83. The van der Waals surface area contributed by atoms with Crippen molar-refractivity contribution in [2.24, 2.45) is 4.99 Å². The maximum Gasteiger partial charge on any atom is 0.191 e. The summed E-state index contributed by atoms with van der Waals surface area (Å²) in [5.41, 5.74) is 1.40. The third-order valence-corrected chi connectivity index (χ3v) is 4.33. The van der Waals surface area contributed by atoms with E-state index in [-0.39, 0.29) is 0 Å². The first-order valence-corrected chi connectivity index (χ1v) is 7.66. The second-order valence-electron chi connectivity index (χ2n) is 5.75. The lowest BCUT2D eigenvalue weighted by molar-refractivity contribution is 0.247. The third kappa shape index (κ3) is 3.12. The van der Waals surface area contributed by atoms with Crippen molar-refractivity contribution in [2.75, 3.05) is 19.6 Å². The number of guanidine groups is 1. The van der Waals surface area contributed by atoms with Gasteiger partial charge in [-0.3, -0.25) is 9.89 Å². The van der Waals surface area contributed by atoms with Crippen LogP contribution in [0, 0.1) is 0 Å². The van der Waals surface area contributed by atoms with Gasteiger partial charge in [-0.25, -0.2) is 0 Å². The van der Waals surface area contributed by atoms with E-state index in [9.17, 15) is 0 Å². The summed E-state index contributed by atoms with van der Waals surface area (Å²) >= 11 is 0. The summed E-state index contributed by atoms with van der Waals surface area (Å²) in [6.07, 6.45) is 2.33. The molecule has 0 saturated carbocycles. The van der Waals surface area contributed by atoms with Crippen LogP contribution in [0.4, 0.5) is 0 Å². The third-order valence-electron chi connectivity index (χ3n) is 4.33. The van der Waals surface area contributed by atoms with Crippen LogP contribution in [0.2, 0.25) is 0 Å². The molecule has 2 aliphatic heterocycles. The Balaban J connectivity index is 1.56. The minimum Gasteiger partial charge on any atom is -0.356 e. The Morgan fingerprint density at radius 1 is 1.35 bits per heavy atom. The number of aliphatic imine (C=N–C) groups is 1.